The zero-order chi connectivity index (χ0) is 18.0. The van der Waals surface area contributed by atoms with E-state index in [1.807, 2.05) is 65.8 Å². The normalized spacial score (nSPS) is 13.9. The van der Waals surface area contributed by atoms with Gasteiger partial charge in [0.25, 0.3) is 0 Å². The standard InChI is InChI=1S/C20H24N2/c1-13-7-15(3)19(16(4)8-13)11-21-22-12-20-17(5)9-14(2)10-18(20)6/h7-12H,1-6H3/b21-11-,22-12+/i11D,12D. The highest BCUT2D eigenvalue weighted by atomic mass is 15.2. The van der Waals surface area contributed by atoms with Crippen molar-refractivity contribution in [2.45, 2.75) is 41.5 Å². The van der Waals surface area contributed by atoms with Gasteiger partial charge in [-0.05, 0) is 63.8 Å². The monoisotopic (exact) mass is 294 g/mol. The van der Waals surface area contributed by atoms with Crippen LogP contribution in [0.15, 0.2) is 34.5 Å². The zero-order valence-electron chi connectivity index (χ0n) is 16.2. The van der Waals surface area contributed by atoms with Crippen LogP contribution in [-0.2, 0) is 0 Å². The predicted octanol–water partition coefficient (Wildman–Crippen LogP) is 4.99. The summed E-state index contributed by atoms with van der Waals surface area (Å²) in [6, 6.07) is 8.13. The lowest BCUT2D eigenvalue weighted by Gasteiger charge is -2.06. The van der Waals surface area contributed by atoms with Crippen LogP contribution >= 0.6 is 0 Å². The maximum atomic E-state index is 8.22. The van der Waals surface area contributed by atoms with E-state index >= 15 is 0 Å². The molecule has 0 unspecified atom stereocenters. The molecular formula is C20H24N2. The number of hydrogen-bond acceptors (Lipinski definition) is 2. The van der Waals surface area contributed by atoms with Gasteiger partial charge in [-0.3, -0.25) is 0 Å². The summed E-state index contributed by atoms with van der Waals surface area (Å²) in [6.07, 6.45) is 0.189. The third-order valence-corrected chi connectivity index (χ3v) is 3.73. The van der Waals surface area contributed by atoms with Crippen molar-refractivity contribution in [2.75, 3.05) is 0 Å². The molecule has 0 bridgehead atoms. The van der Waals surface area contributed by atoms with Gasteiger partial charge in [0, 0.05) is 11.1 Å². The number of nitrogens with zero attached hydrogens (tertiary/aromatic N) is 2. The van der Waals surface area contributed by atoms with Gasteiger partial charge in [0.1, 0.15) is 0 Å². The highest BCUT2D eigenvalue weighted by Crippen LogP contribution is 2.15. The molecule has 0 radical (unpaired) electrons. The highest BCUT2D eigenvalue weighted by Gasteiger charge is 2.02. The summed E-state index contributed by atoms with van der Waals surface area (Å²) in [4.78, 5) is 0. The zero-order valence-corrected chi connectivity index (χ0v) is 14.2. The maximum absolute atomic E-state index is 8.22. The smallest absolute Gasteiger partial charge is 0.0867 e. The van der Waals surface area contributed by atoms with Crippen LogP contribution in [-0.4, -0.2) is 12.4 Å². The van der Waals surface area contributed by atoms with E-state index in [1.165, 1.54) is 0 Å². The summed E-state index contributed by atoms with van der Waals surface area (Å²) in [6.45, 7) is 12.0. The first kappa shape index (κ1) is 13.4. The lowest BCUT2D eigenvalue weighted by molar-refractivity contribution is 1.23. The van der Waals surface area contributed by atoms with Gasteiger partial charge in [-0.1, -0.05) is 35.4 Å². The summed E-state index contributed by atoms with van der Waals surface area (Å²) >= 11 is 0. The Kier molecular flexibility index (Phi) is 4.09. The third-order valence-electron chi connectivity index (χ3n) is 3.73. The molecule has 0 fully saturated rings. The third kappa shape index (κ3) is 3.70. The minimum Gasteiger partial charge on any atom is -0.158 e. The molecule has 2 aromatic carbocycles. The van der Waals surface area contributed by atoms with Gasteiger partial charge in [-0.25, -0.2) is 0 Å². The van der Waals surface area contributed by atoms with Crippen LogP contribution < -0.4 is 0 Å². The average Bonchev–Trinajstić information content (AvgIpc) is 2.42. The fourth-order valence-electron chi connectivity index (χ4n) is 2.86. The van der Waals surface area contributed by atoms with E-state index < -0.39 is 0 Å². The Bertz CT molecular complexity index is 731. The number of hydrogen-bond donors (Lipinski definition) is 0. The van der Waals surface area contributed by atoms with Gasteiger partial charge in [-0.15, -0.1) is 0 Å². The molecule has 2 rings (SSSR count). The molecule has 0 atom stereocenters. The second-order valence-electron chi connectivity index (χ2n) is 5.97. The van der Waals surface area contributed by atoms with Crippen molar-refractivity contribution in [3.63, 3.8) is 0 Å². The van der Waals surface area contributed by atoms with Crippen LogP contribution in [0.3, 0.4) is 0 Å². The molecule has 2 heteroatoms. The molecule has 0 aliphatic heterocycles. The van der Waals surface area contributed by atoms with Crippen molar-refractivity contribution in [1.29, 1.82) is 0 Å². The fraction of sp³-hybridized carbons (Fsp3) is 0.300. The van der Waals surface area contributed by atoms with Gasteiger partial charge in [0.2, 0.25) is 0 Å². The second kappa shape index (κ2) is 6.69. The summed E-state index contributed by atoms with van der Waals surface area (Å²) < 4.78 is 16.4. The Morgan fingerprint density at radius 3 is 1.18 bits per heavy atom. The first-order chi connectivity index (χ1) is 11.2. The van der Waals surface area contributed by atoms with Crippen molar-refractivity contribution >= 4 is 12.4 Å². The second-order valence-corrected chi connectivity index (χ2v) is 5.97. The van der Waals surface area contributed by atoms with Crippen LogP contribution in [0, 0.1) is 41.5 Å². The van der Waals surface area contributed by atoms with Gasteiger partial charge in [0.05, 0.1) is 15.1 Å². The van der Waals surface area contributed by atoms with E-state index in [2.05, 4.69) is 10.2 Å². The average molecular weight is 294 g/mol. The van der Waals surface area contributed by atoms with Crippen molar-refractivity contribution in [3.8, 4) is 0 Å². The first-order valence-corrected chi connectivity index (χ1v) is 7.46. The fourth-order valence-corrected chi connectivity index (χ4v) is 2.86. The van der Waals surface area contributed by atoms with E-state index in [9.17, 15) is 0 Å². The maximum Gasteiger partial charge on any atom is 0.0867 e. The molecular weight excluding hydrogens is 268 g/mol. The molecule has 2 nitrogen and oxygen atoms in total. The topological polar surface area (TPSA) is 24.7 Å². The van der Waals surface area contributed by atoms with E-state index in [1.54, 1.807) is 0 Å². The quantitative estimate of drug-likeness (QED) is 0.563. The molecule has 0 aliphatic rings. The first-order valence-electron chi connectivity index (χ1n) is 8.46. The van der Waals surface area contributed by atoms with Crippen molar-refractivity contribution < 1.29 is 2.74 Å². The van der Waals surface area contributed by atoms with Crippen molar-refractivity contribution in [2.24, 2.45) is 10.2 Å². The number of benzene rings is 2. The Morgan fingerprint density at radius 2 is 0.909 bits per heavy atom. The molecule has 0 aliphatic carbocycles. The molecule has 0 saturated carbocycles. The summed E-state index contributed by atoms with van der Waals surface area (Å²) in [5, 5.41) is 8.02. The van der Waals surface area contributed by atoms with Gasteiger partial charge >= 0.3 is 0 Å². The largest absolute Gasteiger partial charge is 0.158 e. The summed E-state index contributed by atoms with van der Waals surface area (Å²) in [5.74, 6) is 0. The molecule has 2 aromatic rings. The molecule has 0 saturated heterocycles. The van der Waals surface area contributed by atoms with Crippen LogP contribution in [0.2, 0.25) is 0 Å². The minimum absolute atomic E-state index is 0.0946. The van der Waals surface area contributed by atoms with E-state index in [-0.39, 0.29) is 12.4 Å². The molecule has 0 spiro atoms. The predicted molar refractivity (Wildman–Crippen MR) is 96.5 cm³/mol. The lowest BCUT2D eigenvalue weighted by atomic mass is 10.0. The molecule has 0 N–H and O–H groups in total. The number of aryl methyl sites for hydroxylation is 6. The van der Waals surface area contributed by atoms with Crippen molar-refractivity contribution in [3.05, 3.63) is 68.8 Å². The van der Waals surface area contributed by atoms with E-state index in [0.29, 0.717) is 0 Å². The van der Waals surface area contributed by atoms with E-state index in [0.717, 1.165) is 44.5 Å². The summed E-state index contributed by atoms with van der Waals surface area (Å²) in [7, 11) is 0. The molecule has 0 aromatic heterocycles. The molecule has 0 amide bonds. The van der Waals surface area contributed by atoms with Gasteiger partial charge in [-0.2, -0.15) is 10.2 Å². The Labute approximate surface area is 136 Å². The van der Waals surface area contributed by atoms with Crippen LogP contribution in [0.25, 0.3) is 0 Å². The van der Waals surface area contributed by atoms with Crippen LogP contribution in [0.1, 0.15) is 47.2 Å². The SMILES string of the molecule is [2H]/C(=N/N=C(\[2H])c1c(C)cc(C)cc1C)c1c(C)cc(C)cc1C. The molecule has 0 heterocycles. The molecule has 114 valence electrons. The number of rotatable bonds is 3. The van der Waals surface area contributed by atoms with E-state index in [4.69, 9.17) is 2.74 Å². The van der Waals surface area contributed by atoms with Crippen LogP contribution in [0.5, 0.6) is 0 Å². The Morgan fingerprint density at radius 1 is 0.636 bits per heavy atom. The Balaban J connectivity index is 2.44. The van der Waals surface area contributed by atoms with Crippen molar-refractivity contribution in [1.82, 2.24) is 0 Å². The summed E-state index contributed by atoms with van der Waals surface area (Å²) in [5.41, 5.74) is 7.92. The van der Waals surface area contributed by atoms with Gasteiger partial charge in [0.15, 0.2) is 0 Å². The van der Waals surface area contributed by atoms with Crippen LogP contribution in [0.4, 0.5) is 0 Å². The van der Waals surface area contributed by atoms with Gasteiger partial charge < -0.3 is 0 Å². The Hall–Kier alpha value is -2.22. The molecule has 22 heavy (non-hydrogen) atoms. The lowest BCUT2D eigenvalue weighted by Crippen LogP contribution is -1.94. The highest BCUT2D eigenvalue weighted by molar-refractivity contribution is 5.86. The minimum atomic E-state index is 0.0946.